The van der Waals surface area contributed by atoms with Crippen LogP contribution in [0.1, 0.15) is 0 Å². The van der Waals surface area contributed by atoms with E-state index < -0.39 is 0 Å². The van der Waals surface area contributed by atoms with Crippen LogP contribution in [0.4, 0.5) is 5.69 Å². The first-order chi connectivity index (χ1) is 17.5. The number of thioether (sulfide) groups is 1. The molecule has 0 aliphatic carbocycles. The molecule has 186 valence electrons. The average Bonchev–Trinajstić information content (AvgIpc) is 3.35. The van der Waals surface area contributed by atoms with E-state index in [0.29, 0.717) is 33.9 Å². The molecule has 0 aliphatic heterocycles. The quantitative estimate of drug-likeness (QED) is 0.309. The monoisotopic (exact) mass is 506 g/mol. The number of ether oxygens (including phenoxy) is 4. The highest BCUT2D eigenvalue weighted by Crippen LogP contribution is 2.31. The SMILES string of the molecule is COc1ccc(-n2c(SCC(=O)Nc3cc(OC)cc(OC)c3)nnc2-c2cccc(OC)c2)cc1. The smallest absolute Gasteiger partial charge is 0.234 e. The van der Waals surface area contributed by atoms with Gasteiger partial charge in [0.25, 0.3) is 0 Å². The topological polar surface area (TPSA) is 96.7 Å². The number of hydrogen-bond acceptors (Lipinski definition) is 8. The van der Waals surface area contributed by atoms with Crippen molar-refractivity contribution in [2.45, 2.75) is 5.16 Å². The Bertz CT molecular complexity index is 1320. The van der Waals surface area contributed by atoms with Gasteiger partial charge in [-0.3, -0.25) is 9.36 Å². The second-order valence-electron chi connectivity index (χ2n) is 7.51. The Morgan fingerprint density at radius 3 is 2.11 bits per heavy atom. The number of hydrogen-bond donors (Lipinski definition) is 1. The number of anilines is 1. The maximum absolute atomic E-state index is 12.8. The van der Waals surface area contributed by atoms with Gasteiger partial charge in [-0.1, -0.05) is 23.9 Å². The lowest BCUT2D eigenvalue weighted by Crippen LogP contribution is -2.14. The van der Waals surface area contributed by atoms with E-state index in [9.17, 15) is 4.79 Å². The molecule has 0 aliphatic rings. The summed E-state index contributed by atoms with van der Waals surface area (Å²) >= 11 is 1.28. The summed E-state index contributed by atoms with van der Waals surface area (Å²) in [6, 6.07) is 20.3. The normalized spacial score (nSPS) is 10.6. The van der Waals surface area contributed by atoms with Gasteiger partial charge in [0.2, 0.25) is 5.91 Å². The van der Waals surface area contributed by atoms with Crippen molar-refractivity contribution in [3.05, 3.63) is 66.7 Å². The van der Waals surface area contributed by atoms with Crippen LogP contribution in [0.3, 0.4) is 0 Å². The Hall–Kier alpha value is -4.18. The van der Waals surface area contributed by atoms with Gasteiger partial charge >= 0.3 is 0 Å². The van der Waals surface area contributed by atoms with Crippen LogP contribution in [-0.4, -0.2) is 54.9 Å². The number of nitrogens with one attached hydrogen (secondary N) is 1. The molecule has 3 aromatic carbocycles. The van der Waals surface area contributed by atoms with E-state index in [2.05, 4.69) is 15.5 Å². The predicted molar refractivity (Wildman–Crippen MR) is 139 cm³/mol. The van der Waals surface area contributed by atoms with Crippen molar-refractivity contribution in [3.63, 3.8) is 0 Å². The minimum absolute atomic E-state index is 0.117. The number of nitrogens with zero attached hydrogens (tertiary/aromatic N) is 3. The van der Waals surface area contributed by atoms with Gasteiger partial charge in [-0.05, 0) is 36.4 Å². The minimum Gasteiger partial charge on any atom is -0.497 e. The van der Waals surface area contributed by atoms with Crippen LogP contribution in [0.5, 0.6) is 23.0 Å². The molecule has 1 aromatic heterocycles. The Morgan fingerprint density at radius 2 is 1.47 bits per heavy atom. The number of methoxy groups -OCH3 is 4. The summed E-state index contributed by atoms with van der Waals surface area (Å²) in [6.45, 7) is 0. The van der Waals surface area contributed by atoms with Gasteiger partial charge in [0, 0.05) is 35.1 Å². The second kappa shape index (κ2) is 11.5. The van der Waals surface area contributed by atoms with E-state index in [1.807, 2.05) is 53.1 Å². The molecule has 1 heterocycles. The molecule has 4 rings (SSSR count). The first-order valence-electron chi connectivity index (χ1n) is 10.9. The van der Waals surface area contributed by atoms with Crippen LogP contribution < -0.4 is 24.3 Å². The molecule has 0 radical (unpaired) electrons. The first kappa shape index (κ1) is 24.9. The van der Waals surface area contributed by atoms with Crippen molar-refractivity contribution in [3.8, 4) is 40.1 Å². The van der Waals surface area contributed by atoms with Gasteiger partial charge in [0.1, 0.15) is 23.0 Å². The fourth-order valence-corrected chi connectivity index (χ4v) is 4.24. The molecule has 4 aromatic rings. The fourth-order valence-electron chi connectivity index (χ4n) is 3.48. The summed E-state index contributed by atoms with van der Waals surface area (Å²) in [4.78, 5) is 12.8. The number of carbonyl (C=O) groups is 1. The molecule has 9 nitrogen and oxygen atoms in total. The van der Waals surface area contributed by atoms with Crippen molar-refractivity contribution in [1.29, 1.82) is 0 Å². The molecule has 0 bridgehead atoms. The molecule has 0 spiro atoms. The van der Waals surface area contributed by atoms with Gasteiger partial charge in [-0.25, -0.2) is 0 Å². The number of carbonyl (C=O) groups excluding carboxylic acids is 1. The van der Waals surface area contributed by atoms with Crippen molar-refractivity contribution < 1.29 is 23.7 Å². The molecule has 0 fully saturated rings. The molecule has 0 unspecified atom stereocenters. The lowest BCUT2D eigenvalue weighted by Gasteiger charge is -2.12. The van der Waals surface area contributed by atoms with Crippen LogP contribution >= 0.6 is 11.8 Å². The van der Waals surface area contributed by atoms with Crippen molar-refractivity contribution in [1.82, 2.24) is 14.8 Å². The van der Waals surface area contributed by atoms with Gasteiger partial charge in [0.15, 0.2) is 11.0 Å². The first-order valence-corrected chi connectivity index (χ1v) is 11.9. The van der Waals surface area contributed by atoms with E-state index in [0.717, 1.165) is 17.0 Å². The molecule has 10 heteroatoms. The van der Waals surface area contributed by atoms with Crippen LogP contribution in [0.2, 0.25) is 0 Å². The molecular weight excluding hydrogens is 480 g/mol. The molecule has 1 N–H and O–H groups in total. The summed E-state index contributed by atoms with van der Waals surface area (Å²) in [5.74, 6) is 3.14. The summed E-state index contributed by atoms with van der Waals surface area (Å²) in [5, 5.41) is 12.3. The number of aromatic nitrogens is 3. The van der Waals surface area contributed by atoms with Gasteiger partial charge in [-0.2, -0.15) is 0 Å². The highest BCUT2D eigenvalue weighted by molar-refractivity contribution is 7.99. The highest BCUT2D eigenvalue weighted by atomic mass is 32.2. The fraction of sp³-hybridized carbons (Fsp3) is 0.192. The van der Waals surface area contributed by atoms with Gasteiger partial charge < -0.3 is 24.3 Å². The summed E-state index contributed by atoms with van der Waals surface area (Å²) in [5.41, 5.74) is 2.24. The van der Waals surface area contributed by atoms with E-state index >= 15 is 0 Å². The summed E-state index contributed by atoms with van der Waals surface area (Å²) < 4.78 is 23.1. The maximum atomic E-state index is 12.8. The predicted octanol–water partition coefficient (Wildman–Crippen LogP) is 4.70. The summed E-state index contributed by atoms with van der Waals surface area (Å²) in [6.07, 6.45) is 0. The molecular formula is C26H26N4O5S. The third-order valence-corrected chi connectivity index (χ3v) is 6.19. The highest BCUT2D eigenvalue weighted by Gasteiger charge is 2.18. The van der Waals surface area contributed by atoms with Crippen molar-refractivity contribution in [2.24, 2.45) is 0 Å². The number of rotatable bonds is 10. The van der Waals surface area contributed by atoms with Crippen molar-refractivity contribution in [2.75, 3.05) is 39.5 Å². The third-order valence-electron chi connectivity index (χ3n) is 5.26. The zero-order valence-electron chi connectivity index (χ0n) is 20.3. The lowest BCUT2D eigenvalue weighted by molar-refractivity contribution is -0.113. The number of amides is 1. The van der Waals surface area contributed by atoms with Gasteiger partial charge in [0.05, 0.1) is 34.2 Å². The lowest BCUT2D eigenvalue weighted by atomic mass is 10.2. The molecule has 1 amide bonds. The van der Waals surface area contributed by atoms with Crippen molar-refractivity contribution >= 4 is 23.4 Å². The number of benzene rings is 3. The molecule has 0 saturated carbocycles. The Kier molecular flexibility index (Phi) is 7.96. The van der Waals surface area contributed by atoms with Crippen LogP contribution in [0.25, 0.3) is 17.1 Å². The zero-order valence-corrected chi connectivity index (χ0v) is 21.2. The standard InChI is InChI=1S/C26H26N4O5S/c1-32-20-10-8-19(9-11-20)30-25(17-6-5-7-21(12-17)33-2)28-29-26(30)36-16-24(31)27-18-13-22(34-3)15-23(14-18)35-4/h5-15H,16H2,1-4H3,(H,27,31). The maximum Gasteiger partial charge on any atom is 0.234 e. The largest absolute Gasteiger partial charge is 0.497 e. The molecule has 36 heavy (non-hydrogen) atoms. The van der Waals surface area contributed by atoms with Crippen LogP contribution in [-0.2, 0) is 4.79 Å². The second-order valence-corrected chi connectivity index (χ2v) is 8.45. The van der Waals surface area contributed by atoms with Crippen LogP contribution in [0.15, 0.2) is 71.9 Å². The van der Waals surface area contributed by atoms with E-state index in [4.69, 9.17) is 18.9 Å². The molecule has 0 atom stereocenters. The minimum atomic E-state index is -0.206. The Labute approximate surface area is 213 Å². The summed E-state index contributed by atoms with van der Waals surface area (Å²) in [7, 11) is 6.35. The third kappa shape index (κ3) is 5.72. The zero-order chi connectivity index (χ0) is 25.5. The Balaban J connectivity index is 1.60. The van der Waals surface area contributed by atoms with E-state index in [1.165, 1.54) is 11.8 Å². The van der Waals surface area contributed by atoms with Gasteiger partial charge in [-0.15, -0.1) is 10.2 Å². The van der Waals surface area contributed by atoms with Crippen LogP contribution in [0, 0.1) is 0 Å². The average molecular weight is 507 g/mol. The molecule has 0 saturated heterocycles. The van der Waals surface area contributed by atoms with E-state index in [-0.39, 0.29) is 11.7 Å². The van der Waals surface area contributed by atoms with E-state index in [1.54, 1.807) is 46.6 Å². The Morgan fingerprint density at radius 1 is 0.806 bits per heavy atom.